The first kappa shape index (κ1) is 21.8. The number of ether oxygens (including phenoxy) is 1. The van der Waals surface area contributed by atoms with E-state index in [0.717, 1.165) is 21.9 Å². The number of hydrogen-bond donors (Lipinski definition) is 1. The van der Waals surface area contributed by atoms with Crippen molar-refractivity contribution in [3.05, 3.63) is 44.6 Å². The van der Waals surface area contributed by atoms with Crippen molar-refractivity contribution < 1.29 is 19.1 Å². The van der Waals surface area contributed by atoms with Gasteiger partial charge in [-0.25, -0.2) is 0 Å². The van der Waals surface area contributed by atoms with E-state index in [9.17, 15) is 19.2 Å². The molecule has 7 atom stereocenters. The Labute approximate surface area is 209 Å². The lowest BCUT2D eigenvalue weighted by molar-refractivity contribution is -0.148. The van der Waals surface area contributed by atoms with Gasteiger partial charge in [-0.05, 0) is 35.8 Å². The number of carbonyl (C=O) groups excluding carboxylic acids is 3. The Morgan fingerprint density at radius 1 is 1.14 bits per heavy atom. The molecular weight excluding hydrogens is 488 g/mol. The number of nitrogens with one attached hydrogen (secondary N) is 1. The van der Waals surface area contributed by atoms with Crippen LogP contribution in [-0.4, -0.2) is 75.6 Å². The van der Waals surface area contributed by atoms with Crippen LogP contribution in [0.2, 0.25) is 0 Å². The normalized spacial score (nSPS) is 35.3. The van der Waals surface area contributed by atoms with Gasteiger partial charge in [-0.3, -0.25) is 29.1 Å². The summed E-state index contributed by atoms with van der Waals surface area (Å²) in [4.78, 5) is 63.4. The maximum Gasteiger partial charge on any atom is 0.305 e. The summed E-state index contributed by atoms with van der Waals surface area (Å²) in [6, 6.07) is 3.94. The lowest BCUT2D eigenvalue weighted by Crippen LogP contribution is -2.47. The molecule has 2 saturated heterocycles. The van der Waals surface area contributed by atoms with Gasteiger partial charge in [0, 0.05) is 41.5 Å². The van der Waals surface area contributed by atoms with Crippen molar-refractivity contribution in [2.75, 3.05) is 32.8 Å². The number of carbonyl (C=O) groups is 3. The molecule has 9 nitrogen and oxygen atoms in total. The first-order valence-corrected chi connectivity index (χ1v) is 13.7. The van der Waals surface area contributed by atoms with Crippen molar-refractivity contribution in [2.45, 2.75) is 22.6 Å². The largest absolute Gasteiger partial charge is 0.378 e. The number of aromatic nitrogens is 2. The molecule has 35 heavy (non-hydrogen) atoms. The maximum absolute atomic E-state index is 13.6. The Hall–Kier alpha value is -2.50. The number of likely N-dealkylation sites (tertiary alicyclic amines) is 1. The Bertz CT molecular complexity index is 1270. The molecule has 2 saturated carbocycles. The minimum atomic E-state index is -0.386. The van der Waals surface area contributed by atoms with Gasteiger partial charge in [0.2, 0.25) is 17.7 Å². The Morgan fingerprint density at radius 2 is 1.91 bits per heavy atom. The maximum atomic E-state index is 13.6. The van der Waals surface area contributed by atoms with Crippen LogP contribution in [-0.2, 0) is 19.1 Å². The van der Waals surface area contributed by atoms with Gasteiger partial charge < -0.3 is 14.6 Å². The highest BCUT2D eigenvalue weighted by molar-refractivity contribution is 8.00. The van der Waals surface area contributed by atoms with Crippen LogP contribution in [0.15, 0.2) is 34.3 Å². The summed E-state index contributed by atoms with van der Waals surface area (Å²) >= 11 is 2.90. The van der Waals surface area contributed by atoms with E-state index in [4.69, 9.17) is 4.74 Å². The minimum absolute atomic E-state index is 0.0308. The summed E-state index contributed by atoms with van der Waals surface area (Å²) in [6.07, 6.45) is 4.42. The molecule has 0 unspecified atom stereocenters. The predicted molar refractivity (Wildman–Crippen MR) is 127 cm³/mol. The lowest BCUT2D eigenvalue weighted by Gasteiger charge is -2.42. The van der Waals surface area contributed by atoms with Gasteiger partial charge in [0.15, 0.2) is 0 Å². The van der Waals surface area contributed by atoms with E-state index in [2.05, 4.69) is 9.97 Å². The van der Waals surface area contributed by atoms with Gasteiger partial charge in [-0.2, -0.15) is 0 Å². The first-order chi connectivity index (χ1) is 17.0. The van der Waals surface area contributed by atoms with E-state index < -0.39 is 0 Å². The fourth-order valence-corrected chi connectivity index (χ4v) is 10.1. The molecule has 11 heteroatoms. The van der Waals surface area contributed by atoms with E-state index in [1.807, 2.05) is 18.3 Å². The molecule has 3 amide bonds. The molecule has 5 aliphatic rings. The number of nitrogens with zero attached hydrogens (tertiary/aromatic N) is 3. The number of morpholine rings is 1. The Kier molecular flexibility index (Phi) is 4.98. The summed E-state index contributed by atoms with van der Waals surface area (Å²) < 4.78 is 5.32. The van der Waals surface area contributed by atoms with Crippen molar-refractivity contribution in [1.82, 2.24) is 19.8 Å². The molecule has 3 aliphatic heterocycles. The van der Waals surface area contributed by atoms with Crippen LogP contribution in [0.4, 0.5) is 0 Å². The van der Waals surface area contributed by atoms with Gasteiger partial charge in [-0.1, -0.05) is 17.4 Å². The Morgan fingerprint density at radius 3 is 2.66 bits per heavy atom. The molecule has 5 heterocycles. The molecule has 2 bridgehead atoms. The molecule has 2 aliphatic carbocycles. The average molecular weight is 513 g/mol. The standard InChI is InChI=1S/C24H24N4O5S2/c29-14(27-4-6-33-7-5-27)10-28-22(30)17-12-8-13(18(17)23(28)31)19-16(12)15(11-2-1-3-25-9-11)20-21(34-19)26-24(32)35-20/h1-3,9,12-13,15-19H,4-8,10H2,(H,26,32)/t12-,13+,15-,16+,17+,18+,19+/m0/s1. The number of hydrogen-bond acceptors (Lipinski definition) is 8. The van der Waals surface area contributed by atoms with Gasteiger partial charge >= 0.3 is 4.87 Å². The first-order valence-electron chi connectivity index (χ1n) is 12.0. The number of pyridine rings is 1. The topological polar surface area (TPSA) is 113 Å². The van der Waals surface area contributed by atoms with Crippen molar-refractivity contribution >= 4 is 40.8 Å². The number of rotatable bonds is 3. The third kappa shape index (κ3) is 3.14. The van der Waals surface area contributed by atoms with Crippen LogP contribution in [0.5, 0.6) is 0 Å². The number of H-pyrrole nitrogens is 1. The second-order valence-corrected chi connectivity index (χ2v) is 12.2. The SMILES string of the molecule is O=C(CN1C(=O)[C@@H]2[C@H]3C[C@@H]([C@H]4Sc5[nH]c(=O)sc5[C@@H](c5cccnc5)[C@@H]34)[C@H]2C1=O)N1CCOCC1. The van der Waals surface area contributed by atoms with Crippen LogP contribution in [0.3, 0.4) is 0 Å². The molecule has 0 radical (unpaired) electrons. The number of fused-ring (bicyclic) bond motifs is 9. The molecule has 2 aromatic heterocycles. The summed E-state index contributed by atoms with van der Waals surface area (Å²) in [7, 11) is 0. The fraction of sp³-hybridized carbons (Fsp3) is 0.542. The van der Waals surface area contributed by atoms with Crippen molar-refractivity contribution in [3.8, 4) is 0 Å². The average Bonchev–Trinajstić information content (AvgIpc) is 3.61. The number of imide groups is 1. The summed E-state index contributed by atoms with van der Waals surface area (Å²) in [5, 5.41) is 1.02. The van der Waals surface area contributed by atoms with Gasteiger partial charge in [0.05, 0.1) is 30.1 Å². The summed E-state index contributed by atoms with van der Waals surface area (Å²) in [6.45, 7) is 1.75. The second-order valence-electron chi connectivity index (χ2n) is 10.0. The molecule has 7 rings (SSSR count). The third-order valence-corrected chi connectivity index (χ3v) is 11.1. The van der Waals surface area contributed by atoms with E-state index in [-0.39, 0.29) is 69.9 Å². The molecule has 0 spiro atoms. The van der Waals surface area contributed by atoms with Crippen molar-refractivity contribution in [3.63, 3.8) is 0 Å². The van der Waals surface area contributed by atoms with E-state index in [1.54, 1.807) is 22.9 Å². The smallest absolute Gasteiger partial charge is 0.305 e. The second kappa shape index (κ2) is 8.01. The van der Waals surface area contributed by atoms with Crippen LogP contribution in [0, 0.1) is 29.6 Å². The van der Waals surface area contributed by atoms with Crippen LogP contribution < -0.4 is 4.87 Å². The van der Waals surface area contributed by atoms with E-state index in [1.165, 1.54) is 16.2 Å². The fourth-order valence-electron chi connectivity index (χ4n) is 7.22. The summed E-state index contributed by atoms with van der Waals surface area (Å²) in [5.74, 6) is -1.15. The number of amides is 3. The number of aromatic amines is 1. The van der Waals surface area contributed by atoms with E-state index in [0.29, 0.717) is 26.3 Å². The molecule has 4 fully saturated rings. The zero-order chi connectivity index (χ0) is 23.8. The minimum Gasteiger partial charge on any atom is -0.378 e. The highest BCUT2D eigenvalue weighted by Gasteiger charge is 2.69. The highest BCUT2D eigenvalue weighted by Crippen LogP contribution is 2.68. The zero-order valence-corrected chi connectivity index (χ0v) is 20.4. The quantitative estimate of drug-likeness (QED) is 0.614. The third-order valence-electron chi connectivity index (χ3n) is 8.52. The molecule has 1 N–H and O–H groups in total. The molecular formula is C24H24N4O5S2. The van der Waals surface area contributed by atoms with Gasteiger partial charge in [-0.15, -0.1) is 11.8 Å². The summed E-state index contributed by atoms with van der Waals surface area (Å²) in [5.41, 5.74) is 1.04. The van der Waals surface area contributed by atoms with Crippen molar-refractivity contribution in [1.29, 1.82) is 0 Å². The van der Waals surface area contributed by atoms with Crippen LogP contribution in [0.1, 0.15) is 22.8 Å². The predicted octanol–water partition coefficient (Wildman–Crippen LogP) is 1.16. The Balaban J connectivity index is 1.22. The molecule has 0 aromatic carbocycles. The highest BCUT2D eigenvalue weighted by atomic mass is 32.2. The monoisotopic (exact) mass is 512 g/mol. The number of thiazole rings is 1. The van der Waals surface area contributed by atoms with Crippen LogP contribution >= 0.6 is 23.1 Å². The zero-order valence-electron chi connectivity index (χ0n) is 18.8. The van der Waals surface area contributed by atoms with Gasteiger partial charge in [0.1, 0.15) is 6.54 Å². The molecule has 2 aromatic rings. The van der Waals surface area contributed by atoms with Crippen LogP contribution in [0.25, 0.3) is 0 Å². The van der Waals surface area contributed by atoms with Crippen molar-refractivity contribution in [2.24, 2.45) is 29.6 Å². The van der Waals surface area contributed by atoms with E-state index >= 15 is 0 Å². The number of thioether (sulfide) groups is 1. The lowest BCUT2D eigenvalue weighted by atomic mass is 9.68. The van der Waals surface area contributed by atoms with Gasteiger partial charge in [0.25, 0.3) is 0 Å². The molecule has 182 valence electrons.